The summed E-state index contributed by atoms with van der Waals surface area (Å²) in [4.78, 5) is 31.6. The molecule has 0 saturated carbocycles. The van der Waals surface area contributed by atoms with Crippen molar-refractivity contribution in [3.05, 3.63) is 0 Å². The maximum absolute atomic E-state index is 12.7. The van der Waals surface area contributed by atoms with Crippen LogP contribution in [0.3, 0.4) is 0 Å². The van der Waals surface area contributed by atoms with E-state index in [1.165, 1.54) is 25.7 Å². The predicted octanol–water partition coefficient (Wildman–Crippen LogP) is 1.91. The standard InChI is InChI=1S/C20H34N4O2.2ClH/c1-15(20(26)24-6-2-3-7-24)22-8-10-23(11-9-22)19(25)14-16-12-17-4-5-18(13-16)21-17;;/h15-18,21H,2-14H2,1H3;2*1H. The number of hydrogen-bond acceptors (Lipinski definition) is 4. The van der Waals surface area contributed by atoms with Gasteiger partial charge < -0.3 is 15.1 Å². The fourth-order valence-electron chi connectivity index (χ4n) is 5.43. The lowest BCUT2D eigenvalue weighted by molar-refractivity contribution is -0.138. The molecule has 162 valence electrons. The molecule has 0 radical (unpaired) electrons. The molecule has 4 aliphatic rings. The Morgan fingerprint density at radius 2 is 1.46 bits per heavy atom. The van der Waals surface area contributed by atoms with Gasteiger partial charge in [0.15, 0.2) is 0 Å². The molecule has 0 spiro atoms. The van der Waals surface area contributed by atoms with Crippen molar-refractivity contribution in [2.75, 3.05) is 39.3 Å². The average molecular weight is 435 g/mol. The van der Waals surface area contributed by atoms with Crippen molar-refractivity contribution in [2.45, 2.75) is 70.0 Å². The van der Waals surface area contributed by atoms with Crippen molar-refractivity contribution in [2.24, 2.45) is 5.92 Å². The fraction of sp³-hybridized carbons (Fsp3) is 0.900. The Morgan fingerprint density at radius 3 is 2.04 bits per heavy atom. The van der Waals surface area contributed by atoms with Crippen LogP contribution < -0.4 is 5.32 Å². The summed E-state index contributed by atoms with van der Waals surface area (Å²) in [6, 6.07) is 1.26. The Labute approximate surface area is 181 Å². The highest BCUT2D eigenvalue weighted by atomic mass is 35.5. The van der Waals surface area contributed by atoms with Crippen LogP contribution >= 0.6 is 24.8 Å². The Bertz CT molecular complexity index is 524. The molecule has 28 heavy (non-hydrogen) atoms. The van der Waals surface area contributed by atoms with E-state index < -0.39 is 0 Å². The summed E-state index contributed by atoms with van der Waals surface area (Å²) >= 11 is 0. The summed E-state index contributed by atoms with van der Waals surface area (Å²) in [7, 11) is 0. The first kappa shape index (κ1) is 23.7. The zero-order valence-corrected chi connectivity index (χ0v) is 18.6. The van der Waals surface area contributed by atoms with Gasteiger partial charge in [0.05, 0.1) is 6.04 Å². The number of rotatable bonds is 4. The molecule has 1 N–H and O–H groups in total. The van der Waals surface area contributed by atoms with Crippen LogP contribution in [0.4, 0.5) is 0 Å². The van der Waals surface area contributed by atoms with E-state index in [1.807, 2.05) is 16.7 Å². The van der Waals surface area contributed by atoms with Gasteiger partial charge in [-0.3, -0.25) is 14.5 Å². The van der Waals surface area contributed by atoms with Crippen molar-refractivity contribution in [3.8, 4) is 0 Å². The number of fused-ring (bicyclic) bond motifs is 2. The number of nitrogens with zero attached hydrogens (tertiary/aromatic N) is 3. The van der Waals surface area contributed by atoms with Crippen LogP contribution in [0.25, 0.3) is 0 Å². The number of likely N-dealkylation sites (tertiary alicyclic amines) is 1. The van der Waals surface area contributed by atoms with Crippen molar-refractivity contribution in [1.29, 1.82) is 0 Å². The van der Waals surface area contributed by atoms with Gasteiger partial charge in [-0.05, 0) is 51.4 Å². The van der Waals surface area contributed by atoms with Gasteiger partial charge >= 0.3 is 0 Å². The van der Waals surface area contributed by atoms with Gasteiger partial charge in [-0.1, -0.05) is 0 Å². The van der Waals surface area contributed by atoms with Crippen molar-refractivity contribution in [1.82, 2.24) is 20.0 Å². The van der Waals surface area contributed by atoms with Gasteiger partial charge in [0.1, 0.15) is 0 Å². The lowest BCUT2D eigenvalue weighted by Gasteiger charge is -2.39. The maximum Gasteiger partial charge on any atom is 0.239 e. The number of hydrogen-bond donors (Lipinski definition) is 1. The van der Waals surface area contributed by atoms with E-state index in [9.17, 15) is 9.59 Å². The lowest BCUT2D eigenvalue weighted by atomic mass is 9.89. The Balaban J connectivity index is 0.00000140. The molecular weight excluding hydrogens is 399 g/mol. The second-order valence-corrected chi connectivity index (χ2v) is 8.80. The zero-order chi connectivity index (χ0) is 18.1. The molecule has 4 saturated heterocycles. The van der Waals surface area contributed by atoms with Crippen LogP contribution in [0.1, 0.15) is 51.9 Å². The number of carbonyl (C=O) groups is 2. The molecule has 0 aliphatic carbocycles. The highest BCUT2D eigenvalue weighted by molar-refractivity contribution is 5.85. The van der Waals surface area contributed by atoms with E-state index in [0.717, 1.165) is 58.5 Å². The summed E-state index contributed by atoms with van der Waals surface area (Å²) in [5.74, 6) is 1.16. The summed E-state index contributed by atoms with van der Waals surface area (Å²) in [5.41, 5.74) is 0. The Kier molecular flexibility index (Phi) is 8.86. The molecule has 3 unspecified atom stereocenters. The first-order chi connectivity index (χ1) is 12.6. The summed E-state index contributed by atoms with van der Waals surface area (Å²) in [6.45, 7) is 7.05. The summed E-state index contributed by atoms with van der Waals surface area (Å²) in [5, 5.41) is 3.66. The Hall–Kier alpha value is -0.560. The lowest BCUT2D eigenvalue weighted by Crippen LogP contribution is -2.55. The van der Waals surface area contributed by atoms with Gasteiger partial charge in [0.2, 0.25) is 11.8 Å². The van der Waals surface area contributed by atoms with Gasteiger partial charge in [0, 0.05) is 57.8 Å². The van der Waals surface area contributed by atoms with Crippen LogP contribution in [0.15, 0.2) is 0 Å². The molecule has 0 aromatic rings. The SMILES string of the molecule is CC(C(=O)N1CCCC1)N1CCN(C(=O)CC2CC3CCC(C2)N3)CC1.Cl.Cl. The molecule has 4 aliphatic heterocycles. The van der Waals surface area contributed by atoms with Crippen LogP contribution in [0, 0.1) is 5.92 Å². The van der Waals surface area contributed by atoms with Gasteiger partial charge in [-0.25, -0.2) is 0 Å². The number of carbonyl (C=O) groups excluding carboxylic acids is 2. The molecule has 0 aromatic carbocycles. The monoisotopic (exact) mass is 434 g/mol. The molecule has 4 rings (SSSR count). The van der Waals surface area contributed by atoms with Crippen molar-refractivity contribution >= 4 is 36.6 Å². The van der Waals surface area contributed by atoms with Crippen molar-refractivity contribution < 1.29 is 9.59 Å². The molecule has 0 aromatic heterocycles. The second-order valence-electron chi connectivity index (χ2n) is 8.80. The third kappa shape index (κ3) is 5.32. The molecular formula is C20H36Cl2N4O2. The number of piperidine rings is 1. The van der Waals surface area contributed by atoms with Gasteiger partial charge in [0.25, 0.3) is 0 Å². The molecule has 6 nitrogen and oxygen atoms in total. The van der Waals surface area contributed by atoms with E-state index in [4.69, 9.17) is 0 Å². The number of halogens is 2. The average Bonchev–Trinajstić information content (AvgIpc) is 3.30. The van der Waals surface area contributed by atoms with Crippen LogP contribution in [0.2, 0.25) is 0 Å². The first-order valence-corrected chi connectivity index (χ1v) is 10.7. The minimum Gasteiger partial charge on any atom is -0.341 e. The molecule has 2 amide bonds. The minimum absolute atomic E-state index is 0. The summed E-state index contributed by atoms with van der Waals surface area (Å²) < 4.78 is 0. The van der Waals surface area contributed by atoms with Crippen LogP contribution in [-0.2, 0) is 9.59 Å². The summed E-state index contributed by atoms with van der Waals surface area (Å²) in [6.07, 6.45) is 7.91. The van der Waals surface area contributed by atoms with Crippen LogP contribution in [0.5, 0.6) is 0 Å². The molecule has 8 heteroatoms. The predicted molar refractivity (Wildman–Crippen MR) is 115 cm³/mol. The second kappa shape index (κ2) is 10.5. The normalized spacial score (nSPS) is 31.1. The third-order valence-electron chi connectivity index (χ3n) is 7.02. The van der Waals surface area contributed by atoms with E-state index in [2.05, 4.69) is 10.2 Å². The number of nitrogens with one attached hydrogen (secondary N) is 1. The highest BCUT2D eigenvalue weighted by Gasteiger charge is 2.36. The zero-order valence-electron chi connectivity index (χ0n) is 17.0. The van der Waals surface area contributed by atoms with E-state index in [1.54, 1.807) is 0 Å². The van der Waals surface area contributed by atoms with E-state index in [0.29, 0.717) is 23.9 Å². The fourth-order valence-corrected chi connectivity index (χ4v) is 5.43. The maximum atomic E-state index is 12.7. The molecule has 2 bridgehead atoms. The van der Waals surface area contributed by atoms with Crippen molar-refractivity contribution in [3.63, 3.8) is 0 Å². The smallest absolute Gasteiger partial charge is 0.239 e. The van der Waals surface area contributed by atoms with Gasteiger partial charge in [-0.2, -0.15) is 0 Å². The van der Waals surface area contributed by atoms with E-state index in [-0.39, 0.29) is 36.8 Å². The van der Waals surface area contributed by atoms with E-state index >= 15 is 0 Å². The topological polar surface area (TPSA) is 55.9 Å². The molecule has 3 atom stereocenters. The quantitative estimate of drug-likeness (QED) is 0.733. The molecule has 4 heterocycles. The Morgan fingerprint density at radius 1 is 0.893 bits per heavy atom. The minimum atomic E-state index is -0.0506. The number of piperazine rings is 1. The largest absolute Gasteiger partial charge is 0.341 e. The molecule has 4 fully saturated rings. The highest BCUT2D eigenvalue weighted by Crippen LogP contribution is 2.33. The number of amides is 2. The van der Waals surface area contributed by atoms with Crippen LogP contribution in [-0.4, -0.2) is 83.9 Å². The first-order valence-electron chi connectivity index (χ1n) is 10.7. The third-order valence-corrected chi connectivity index (χ3v) is 7.02. The van der Waals surface area contributed by atoms with Gasteiger partial charge in [-0.15, -0.1) is 24.8 Å².